The van der Waals surface area contributed by atoms with Gasteiger partial charge in [0.25, 0.3) is 0 Å². The summed E-state index contributed by atoms with van der Waals surface area (Å²) in [6, 6.07) is 10.1. The number of fused-ring (bicyclic) bond motifs is 2. The topological polar surface area (TPSA) is 71.6 Å². The number of nitrogens with zero attached hydrogens (tertiary/aromatic N) is 1. The first kappa shape index (κ1) is 22.6. The van der Waals surface area contributed by atoms with Crippen molar-refractivity contribution in [1.29, 1.82) is 0 Å². The van der Waals surface area contributed by atoms with Gasteiger partial charge in [0.05, 0.1) is 5.69 Å². The molecule has 0 spiro atoms. The smallest absolute Gasteiger partial charge is 0.223 e. The Labute approximate surface area is 197 Å². The number of benzene rings is 2. The second kappa shape index (κ2) is 9.58. The Morgan fingerprint density at radius 3 is 2.88 bits per heavy atom. The maximum atomic E-state index is 13.6. The molecular formula is C27H29FN2O4. The number of aromatic nitrogens is 1. The summed E-state index contributed by atoms with van der Waals surface area (Å²) in [4.78, 5) is 30.9. The minimum Gasteiger partial charge on any atom is -0.487 e. The summed E-state index contributed by atoms with van der Waals surface area (Å²) < 4.78 is 25.2. The lowest BCUT2D eigenvalue weighted by atomic mass is 9.94. The van der Waals surface area contributed by atoms with E-state index in [1.165, 1.54) is 17.7 Å². The van der Waals surface area contributed by atoms with Gasteiger partial charge in [-0.3, -0.25) is 9.59 Å². The van der Waals surface area contributed by atoms with E-state index >= 15 is 0 Å². The van der Waals surface area contributed by atoms with E-state index in [9.17, 15) is 14.0 Å². The molecule has 2 aliphatic rings. The number of hydrogen-bond donors (Lipinski definition) is 1. The second-order valence-corrected chi connectivity index (χ2v) is 9.26. The fraction of sp³-hybridized carbons (Fsp3) is 0.407. The number of carbonyl (C=O) groups excluding carboxylic acids is 1. The fourth-order valence-electron chi connectivity index (χ4n) is 4.93. The van der Waals surface area contributed by atoms with E-state index in [0.29, 0.717) is 47.6 Å². The molecule has 1 N–H and O–H groups in total. The standard InChI is InChI=1S/C27H29FN2O4/c1-17-24(29-23-6-5-20(28)14-21(23)27(17)32)16-34-25-4-2-3-19-7-10-30(15-22(19)25)26(31)13-18-8-11-33-12-9-18/h2-6,14,18H,7-13,15-16H2,1H3,(H,29,32). The number of pyridine rings is 1. The van der Waals surface area contributed by atoms with E-state index in [-0.39, 0.29) is 17.9 Å². The van der Waals surface area contributed by atoms with E-state index in [0.717, 1.165) is 43.8 Å². The minimum atomic E-state index is -0.437. The van der Waals surface area contributed by atoms with Crippen LogP contribution in [0.3, 0.4) is 0 Å². The average Bonchev–Trinajstić information content (AvgIpc) is 2.86. The zero-order chi connectivity index (χ0) is 23.7. The zero-order valence-electron chi connectivity index (χ0n) is 19.4. The molecule has 0 bridgehead atoms. The summed E-state index contributed by atoms with van der Waals surface area (Å²) in [5.41, 5.74) is 3.76. The lowest BCUT2D eigenvalue weighted by Crippen LogP contribution is -2.37. The van der Waals surface area contributed by atoms with Crippen LogP contribution in [-0.2, 0) is 29.1 Å². The SMILES string of the molecule is Cc1c(COc2cccc3c2CN(C(=O)CC2CCOCC2)CC3)[nH]c2ccc(F)cc2c1=O. The molecule has 0 aliphatic carbocycles. The molecule has 0 unspecified atom stereocenters. The first-order chi connectivity index (χ1) is 16.5. The maximum absolute atomic E-state index is 13.6. The number of hydrogen-bond acceptors (Lipinski definition) is 4. The maximum Gasteiger partial charge on any atom is 0.223 e. The molecule has 1 saturated heterocycles. The van der Waals surface area contributed by atoms with Crippen LogP contribution in [0.25, 0.3) is 10.9 Å². The summed E-state index contributed by atoms with van der Waals surface area (Å²) in [5.74, 6) is 0.873. The zero-order valence-corrected chi connectivity index (χ0v) is 19.4. The van der Waals surface area contributed by atoms with Crippen molar-refractivity contribution in [2.24, 2.45) is 5.92 Å². The lowest BCUT2D eigenvalue weighted by Gasteiger charge is -2.32. The van der Waals surface area contributed by atoms with Crippen LogP contribution in [0.15, 0.2) is 41.2 Å². The van der Waals surface area contributed by atoms with Crippen LogP contribution >= 0.6 is 0 Å². The van der Waals surface area contributed by atoms with Gasteiger partial charge in [-0.05, 0) is 61.9 Å². The van der Waals surface area contributed by atoms with Gasteiger partial charge in [-0.25, -0.2) is 4.39 Å². The van der Waals surface area contributed by atoms with Crippen LogP contribution in [0.1, 0.15) is 41.6 Å². The van der Waals surface area contributed by atoms with Gasteiger partial charge >= 0.3 is 0 Å². The molecule has 0 atom stereocenters. The van der Waals surface area contributed by atoms with E-state index in [2.05, 4.69) is 11.1 Å². The Kier molecular flexibility index (Phi) is 6.37. The van der Waals surface area contributed by atoms with Gasteiger partial charge in [0.15, 0.2) is 5.43 Å². The minimum absolute atomic E-state index is 0.181. The Bertz CT molecular complexity index is 1280. The number of amides is 1. The molecule has 5 rings (SSSR count). The second-order valence-electron chi connectivity index (χ2n) is 9.26. The van der Waals surface area contributed by atoms with Crippen molar-refractivity contribution in [2.75, 3.05) is 19.8 Å². The predicted octanol–water partition coefficient (Wildman–Crippen LogP) is 4.26. The van der Waals surface area contributed by atoms with Crippen molar-refractivity contribution >= 4 is 16.8 Å². The summed E-state index contributed by atoms with van der Waals surface area (Å²) in [6.07, 6.45) is 3.25. The molecule has 34 heavy (non-hydrogen) atoms. The quantitative estimate of drug-likeness (QED) is 0.613. The van der Waals surface area contributed by atoms with Gasteiger partial charge in [0.2, 0.25) is 5.91 Å². The van der Waals surface area contributed by atoms with Crippen molar-refractivity contribution in [2.45, 2.75) is 45.8 Å². The number of rotatable bonds is 5. The molecule has 2 aliphatic heterocycles. The van der Waals surface area contributed by atoms with E-state index < -0.39 is 5.82 Å². The molecule has 0 radical (unpaired) electrons. The summed E-state index contributed by atoms with van der Waals surface area (Å²) in [5, 5.41) is 0.331. The van der Waals surface area contributed by atoms with Crippen molar-refractivity contribution in [1.82, 2.24) is 9.88 Å². The highest BCUT2D eigenvalue weighted by molar-refractivity contribution is 5.79. The molecule has 6 nitrogen and oxygen atoms in total. The molecular weight excluding hydrogens is 435 g/mol. The Hall–Kier alpha value is -3.19. The first-order valence-electron chi connectivity index (χ1n) is 11.9. The van der Waals surface area contributed by atoms with Crippen molar-refractivity contribution in [3.05, 3.63) is 74.8 Å². The summed E-state index contributed by atoms with van der Waals surface area (Å²) in [6.45, 7) is 4.63. The number of H-pyrrole nitrogens is 1. The molecule has 2 aromatic carbocycles. The third-order valence-electron chi connectivity index (χ3n) is 7.06. The molecule has 0 saturated carbocycles. The van der Waals surface area contributed by atoms with Crippen LogP contribution < -0.4 is 10.2 Å². The highest BCUT2D eigenvalue weighted by Gasteiger charge is 2.26. The molecule has 3 aromatic rings. The fourth-order valence-corrected chi connectivity index (χ4v) is 4.93. The molecule has 7 heteroatoms. The Morgan fingerprint density at radius 2 is 2.06 bits per heavy atom. The molecule has 1 aromatic heterocycles. The number of ether oxygens (including phenoxy) is 2. The Balaban J connectivity index is 1.33. The van der Waals surface area contributed by atoms with E-state index in [4.69, 9.17) is 9.47 Å². The number of aromatic amines is 1. The molecule has 1 amide bonds. The largest absolute Gasteiger partial charge is 0.487 e. The van der Waals surface area contributed by atoms with Crippen LogP contribution in [0, 0.1) is 18.7 Å². The van der Waals surface area contributed by atoms with Gasteiger partial charge < -0.3 is 19.4 Å². The summed E-state index contributed by atoms with van der Waals surface area (Å²) in [7, 11) is 0. The highest BCUT2D eigenvalue weighted by Crippen LogP contribution is 2.30. The van der Waals surface area contributed by atoms with E-state index in [1.54, 1.807) is 13.0 Å². The van der Waals surface area contributed by atoms with Gasteiger partial charge in [-0.2, -0.15) is 0 Å². The number of carbonyl (C=O) groups is 1. The third-order valence-corrected chi connectivity index (χ3v) is 7.06. The molecule has 3 heterocycles. The van der Waals surface area contributed by atoms with Crippen molar-refractivity contribution in [3.8, 4) is 5.75 Å². The van der Waals surface area contributed by atoms with Gasteiger partial charge in [0, 0.05) is 54.8 Å². The van der Waals surface area contributed by atoms with Crippen molar-refractivity contribution < 1.29 is 18.7 Å². The van der Waals surface area contributed by atoms with Crippen LogP contribution in [-0.4, -0.2) is 35.5 Å². The van der Waals surface area contributed by atoms with E-state index in [1.807, 2.05) is 17.0 Å². The van der Waals surface area contributed by atoms with Crippen LogP contribution in [0.2, 0.25) is 0 Å². The highest BCUT2D eigenvalue weighted by atomic mass is 19.1. The number of halogens is 1. The average molecular weight is 465 g/mol. The molecule has 178 valence electrons. The van der Waals surface area contributed by atoms with Gasteiger partial charge in [-0.1, -0.05) is 12.1 Å². The van der Waals surface area contributed by atoms with Crippen LogP contribution in [0.5, 0.6) is 5.75 Å². The monoisotopic (exact) mass is 464 g/mol. The third kappa shape index (κ3) is 4.57. The predicted molar refractivity (Wildman–Crippen MR) is 127 cm³/mol. The van der Waals surface area contributed by atoms with Crippen molar-refractivity contribution in [3.63, 3.8) is 0 Å². The van der Waals surface area contributed by atoms with Crippen LogP contribution in [0.4, 0.5) is 4.39 Å². The number of nitrogens with one attached hydrogen (secondary N) is 1. The van der Waals surface area contributed by atoms with Gasteiger partial charge in [-0.15, -0.1) is 0 Å². The lowest BCUT2D eigenvalue weighted by molar-refractivity contribution is -0.133. The summed E-state index contributed by atoms with van der Waals surface area (Å²) >= 11 is 0. The van der Waals surface area contributed by atoms with Gasteiger partial charge in [0.1, 0.15) is 18.2 Å². The normalized spacial score (nSPS) is 16.5. The Morgan fingerprint density at radius 1 is 1.24 bits per heavy atom. The first-order valence-corrected chi connectivity index (χ1v) is 11.9. The molecule has 1 fully saturated rings.